The first-order valence-corrected chi connectivity index (χ1v) is 9.35. The van der Waals surface area contributed by atoms with Crippen LogP contribution in [-0.4, -0.2) is 16.9 Å². The third kappa shape index (κ3) is 3.24. The fourth-order valence-electron chi connectivity index (χ4n) is 4.18. The van der Waals surface area contributed by atoms with Gasteiger partial charge in [0.25, 0.3) is 0 Å². The second-order valence-corrected chi connectivity index (χ2v) is 6.77. The summed E-state index contributed by atoms with van der Waals surface area (Å²) in [5, 5.41) is 3.64. The van der Waals surface area contributed by atoms with E-state index in [1.807, 2.05) is 41.3 Å². The minimum Gasteiger partial charge on any atom is -0.363 e. The molecule has 0 aliphatic carbocycles. The lowest BCUT2D eigenvalue weighted by molar-refractivity contribution is -0.117. The smallest absolute Gasteiger partial charge is 0.224 e. The largest absolute Gasteiger partial charge is 0.363 e. The van der Waals surface area contributed by atoms with E-state index in [1.165, 1.54) is 0 Å². The van der Waals surface area contributed by atoms with Crippen molar-refractivity contribution in [2.45, 2.75) is 45.7 Å². The predicted molar refractivity (Wildman–Crippen MR) is 108 cm³/mol. The van der Waals surface area contributed by atoms with Gasteiger partial charge in [-0.05, 0) is 42.7 Å². The molecule has 2 unspecified atom stereocenters. The summed E-state index contributed by atoms with van der Waals surface area (Å²) in [6, 6.07) is 14.4. The van der Waals surface area contributed by atoms with Gasteiger partial charge < -0.3 is 10.2 Å². The van der Waals surface area contributed by atoms with Crippen LogP contribution in [0.25, 0.3) is 6.08 Å². The fraction of sp³-hybridized carbons (Fsp3) is 0.364. The summed E-state index contributed by atoms with van der Waals surface area (Å²) in [4.78, 5) is 19.0. The summed E-state index contributed by atoms with van der Waals surface area (Å²) < 4.78 is 0. The number of hydrogen-bond donors (Lipinski definition) is 1. The number of nitrogens with zero attached hydrogens (tertiary/aromatic N) is 2. The summed E-state index contributed by atoms with van der Waals surface area (Å²) in [5.74, 6) is 1.26. The normalized spacial score (nSPS) is 21.8. The Balaban J connectivity index is 2.07. The lowest BCUT2D eigenvalue weighted by Crippen LogP contribution is -2.50. The molecule has 2 heterocycles. The van der Waals surface area contributed by atoms with E-state index in [0.29, 0.717) is 5.92 Å². The van der Waals surface area contributed by atoms with Crippen LogP contribution < -0.4 is 10.2 Å². The molecule has 26 heavy (non-hydrogen) atoms. The summed E-state index contributed by atoms with van der Waals surface area (Å²) in [5.41, 5.74) is 3.02. The van der Waals surface area contributed by atoms with Crippen LogP contribution in [0.4, 0.5) is 11.5 Å². The first kappa shape index (κ1) is 18.2. The zero-order chi connectivity index (χ0) is 18.7. The molecule has 0 saturated carbocycles. The average Bonchev–Trinajstić information content (AvgIpc) is 2.67. The van der Waals surface area contributed by atoms with E-state index in [-0.39, 0.29) is 18.0 Å². The maximum Gasteiger partial charge on any atom is 0.224 e. The van der Waals surface area contributed by atoms with Crippen LogP contribution in [0.5, 0.6) is 0 Å². The molecular formula is C22H27N3O. The van der Waals surface area contributed by atoms with Gasteiger partial charge in [-0.1, -0.05) is 44.7 Å². The number of pyridine rings is 1. The summed E-state index contributed by atoms with van der Waals surface area (Å²) in [6.45, 7) is 9.82. The number of fused-ring (bicyclic) bond motifs is 1. The molecule has 3 rings (SSSR count). The molecule has 1 N–H and O–H groups in total. The molecule has 1 aliphatic heterocycles. The second kappa shape index (κ2) is 7.73. The first-order chi connectivity index (χ1) is 12.6. The molecule has 136 valence electrons. The topological polar surface area (TPSA) is 45.2 Å². The van der Waals surface area contributed by atoms with Gasteiger partial charge >= 0.3 is 0 Å². The Labute approximate surface area is 155 Å². The first-order valence-electron chi connectivity index (χ1n) is 9.35. The highest BCUT2D eigenvalue weighted by Gasteiger charge is 2.40. The molecule has 1 amide bonds. The van der Waals surface area contributed by atoms with Crippen molar-refractivity contribution in [2.75, 3.05) is 10.2 Å². The van der Waals surface area contributed by atoms with Gasteiger partial charge in [0.2, 0.25) is 5.91 Å². The van der Waals surface area contributed by atoms with Crippen molar-refractivity contribution in [3.05, 3.63) is 60.3 Å². The quantitative estimate of drug-likeness (QED) is 0.821. The molecule has 4 heteroatoms. The van der Waals surface area contributed by atoms with Crippen LogP contribution in [0.1, 0.15) is 50.9 Å². The molecule has 2 aromatic rings. The number of amides is 1. The Hall–Kier alpha value is -2.62. The molecule has 0 saturated heterocycles. The predicted octanol–water partition coefficient (Wildman–Crippen LogP) is 5.05. The number of carbonyl (C=O) groups is 1. The zero-order valence-electron chi connectivity index (χ0n) is 15.8. The van der Waals surface area contributed by atoms with Gasteiger partial charge in [0, 0.05) is 24.6 Å². The molecule has 0 bridgehead atoms. The monoisotopic (exact) mass is 349 g/mol. The molecule has 0 fully saturated rings. The van der Waals surface area contributed by atoms with Gasteiger partial charge in [0.05, 0.1) is 11.7 Å². The van der Waals surface area contributed by atoms with Crippen molar-refractivity contribution in [1.82, 2.24) is 4.98 Å². The standard InChI is InChI=1S/C22H27N3O/c1-5-16-11-10-14-21(23-16)24-22-17(6-2)19(7-3)25(15(4)26)20-13-9-8-12-18(20)22/h5,8-14,17,19,22H,1,6-7H2,2-4H3,(H,23,24)/t17?,19?,22-/m1/s1. The Bertz CT molecular complexity index is 801. The van der Waals surface area contributed by atoms with Crippen molar-refractivity contribution >= 4 is 23.5 Å². The van der Waals surface area contributed by atoms with E-state index >= 15 is 0 Å². The molecule has 3 atom stereocenters. The molecule has 1 aromatic carbocycles. The number of hydrogen-bond acceptors (Lipinski definition) is 3. The van der Waals surface area contributed by atoms with Gasteiger partial charge in [0.1, 0.15) is 5.82 Å². The van der Waals surface area contributed by atoms with E-state index in [1.54, 1.807) is 13.0 Å². The minimum atomic E-state index is 0.105. The number of para-hydroxylation sites is 1. The summed E-state index contributed by atoms with van der Waals surface area (Å²) >= 11 is 0. The Morgan fingerprint density at radius 3 is 2.62 bits per heavy atom. The Morgan fingerprint density at radius 2 is 1.96 bits per heavy atom. The number of rotatable bonds is 5. The number of aromatic nitrogens is 1. The van der Waals surface area contributed by atoms with Crippen LogP contribution in [0.3, 0.4) is 0 Å². The molecule has 1 aliphatic rings. The van der Waals surface area contributed by atoms with Crippen molar-refractivity contribution < 1.29 is 4.79 Å². The van der Waals surface area contributed by atoms with Crippen LogP contribution in [0.15, 0.2) is 49.0 Å². The van der Waals surface area contributed by atoms with Crippen molar-refractivity contribution in [2.24, 2.45) is 5.92 Å². The molecule has 4 nitrogen and oxygen atoms in total. The third-order valence-corrected chi connectivity index (χ3v) is 5.30. The maximum absolute atomic E-state index is 12.4. The number of anilines is 2. The van der Waals surface area contributed by atoms with Gasteiger partial charge in [-0.15, -0.1) is 0 Å². The van der Waals surface area contributed by atoms with E-state index in [2.05, 4.69) is 36.8 Å². The van der Waals surface area contributed by atoms with Gasteiger partial charge in [-0.25, -0.2) is 4.98 Å². The van der Waals surface area contributed by atoms with Crippen LogP contribution in [0, 0.1) is 5.92 Å². The minimum absolute atomic E-state index is 0.105. The second-order valence-electron chi connectivity index (χ2n) is 6.77. The van der Waals surface area contributed by atoms with Gasteiger partial charge in [-0.2, -0.15) is 0 Å². The van der Waals surface area contributed by atoms with E-state index in [9.17, 15) is 4.79 Å². The number of carbonyl (C=O) groups excluding carboxylic acids is 1. The third-order valence-electron chi connectivity index (χ3n) is 5.30. The van der Waals surface area contributed by atoms with Gasteiger partial charge in [0.15, 0.2) is 0 Å². The van der Waals surface area contributed by atoms with Crippen molar-refractivity contribution in [1.29, 1.82) is 0 Å². The van der Waals surface area contributed by atoms with E-state index < -0.39 is 0 Å². The summed E-state index contributed by atoms with van der Waals surface area (Å²) in [6.07, 6.45) is 3.66. The zero-order valence-corrected chi connectivity index (χ0v) is 15.8. The Kier molecular flexibility index (Phi) is 5.40. The lowest BCUT2D eigenvalue weighted by Gasteiger charge is -2.46. The number of nitrogens with one attached hydrogen (secondary N) is 1. The van der Waals surface area contributed by atoms with Gasteiger partial charge in [-0.3, -0.25) is 4.79 Å². The highest BCUT2D eigenvalue weighted by molar-refractivity contribution is 5.94. The molecule has 0 spiro atoms. The molecular weight excluding hydrogens is 322 g/mol. The van der Waals surface area contributed by atoms with Crippen molar-refractivity contribution in [3.63, 3.8) is 0 Å². The Morgan fingerprint density at radius 1 is 1.19 bits per heavy atom. The number of benzene rings is 1. The van der Waals surface area contributed by atoms with E-state index in [4.69, 9.17) is 0 Å². The van der Waals surface area contributed by atoms with Crippen LogP contribution in [0.2, 0.25) is 0 Å². The average molecular weight is 349 g/mol. The fourth-order valence-corrected chi connectivity index (χ4v) is 4.18. The van der Waals surface area contributed by atoms with Crippen molar-refractivity contribution in [3.8, 4) is 0 Å². The van der Waals surface area contributed by atoms with Crippen LogP contribution in [-0.2, 0) is 4.79 Å². The van der Waals surface area contributed by atoms with E-state index in [0.717, 1.165) is 35.6 Å². The highest BCUT2D eigenvalue weighted by atomic mass is 16.2. The molecule has 0 radical (unpaired) electrons. The maximum atomic E-state index is 12.4. The SMILES string of the molecule is C=Cc1cccc(N[C@H]2c3ccccc3N(C(C)=O)C(CC)C2CC)n1. The van der Waals surface area contributed by atoms with Crippen LogP contribution >= 0.6 is 0 Å². The summed E-state index contributed by atoms with van der Waals surface area (Å²) in [7, 11) is 0. The highest BCUT2D eigenvalue weighted by Crippen LogP contribution is 2.44. The lowest BCUT2D eigenvalue weighted by atomic mass is 9.78. The molecule has 1 aromatic heterocycles.